The van der Waals surface area contributed by atoms with Crippen LogP contribution >= 0.6 is 11.6 Å². The van der Waals surface area contributed by atoms with Gasteiger partial charge in [0.25, 0.3) is 0 Å². The van der Waals surface area contributed by atoms with Crippen LogP contribution in [-0.2, 0) is 14.8 Å². The van der Waals surface area contributed by atoms with Crippen molar-refractivity contribution in [2.24, 2.45) is 17.8 Å². The first-order chi connectivity index (χ1) is 14.6. The summed E-state index contributed by atoms with van der Waals surface area (Å²) in [7, 11) is -0.301. The summed E-state index contributed by atoms with van der Waals surface area (Å²) in [5.74, 6) is -1.98. The molecule has 5 unspecified atom stereocenters. The van der Waals surface area contributed by atoms with Gasteiger partial charge in [-0.1, -0.05) is 0 Å². The van der Waals surface area contributed by atoms with Crippen molar-refractivity contribution in [1.29, 1.82) is 0 Å². The second-order valence-corrected chi connectivity index (χ2v) is 11.3. The SMILES string of the molecule is CNC(=O)NC1CC(CS(=O)(=O)NNC(=O)C2CC(C3CN(C)CN3)CC(Cl)C2F)C1. The second-order valence-electron chi connectivity index (χ2n) is 8.94. The molecule has 13 heteroatoms. The Kier molecular flexibility index (Phi) is 8.00. The van der Waals surface area contributed by atoms with E-state index in [-0.39, 0.29) is 35.7 Å². The molecule has 1 saturated heterocycles. The lowest BCUT2D eigenvalue weighted by atomic mass is 9.76. The Bertz CT molecular complexity index is 768. The zero-order valence-corrected chi connectivity index (χ0v) is 19.3. The first-order valence-corrected chi connectivity index (χ1v) is 12.6. The predicted molar refractivity (Wildman–Crippen MR) is 114 cm³/mol. The number of sulfonamides is 1. The molecule has 2 aliphatic carbocycles. The van der Waals surface area contributed by atoms with E-state index in [1.165, 1.54) is 7.05 Å². The van der Waals surface area contributed by atoms with Gasteiger partial charge in [0, 0.05) is 32.3 Å². The van der Waals surface area contributed by atoms with Crippen LogP contribution in [0, 0.1) is 17.8 Å². The first kappa shape index (κ1) is 24.4. The molecule has 3 amide bonds. The molecule has 3 aliphatic rings. The number of rotatable bonds is 7. The minimum Gasteiger partial charge on any atom is -0.341 e. The number of halogens is 2. The van der Waals surface area contributed by atoms with Crippen molar-refractivity contribution >= 4 is 33.6 Å². The largest absolute Gasteiger partial charge is 0.341 e. The zero-order chi connectivity index (χ0) is 22.8. The van der Waals surface area contributed by atoms with Crippen LogP contribution in [0.4, 0.5) is 9.18 Å². The minimum atomic E-state index is -3.79. The Morgan fingerprint density at radius 2 is 1.94 bits per heavy atom. The van der Waals surface area contributed by atoms with Crippen LogP contribution < -0.4 is 26.2 Å². The van der Waals surface area contributed by atoms with Gasteiger partial charge in [0.05, 0.1) is 17.0 Å². The molecule has 0 aromatic carbocycles. The summed E-state index contributed by atoms with van der Waals surface area (Å²) >= 11 is 6.19. The van der Waals surface area contributed by atoms with Crippen LogP contribution in [0.15, 0.2) is 0 Å². The highest BCUT2D eigenvalue weighted by molar-refractivity contribution is 7.89. The van der Waals surface area contributed by atoms with Crippen LogP contribution in [0.25, 0.3) is 0 Å². The molecule has 0 spiro atoms. The van der Waals surface area contributed by atoms with Gasteiger partial charge in [0.2, 0.25) is 15.9 Å². The number of carbonyl (C=O) groups is 2. The summed E-state index contributed by atoms with van der Waals surface area (Å²) in [6.45, 7) is 1.52. The number of hydrazine groups is 1. The maximum atomic E-state index is 14.7. The molecule has 0 radical (unpaired) electrons. The smallest absolute Gasteiger partial charge is 0.314 e. The lowest BCUT2D eigenvalue weighted by Gasteiger charge is -2.37. The Hall–Kier alpha value is -1.21. The van der Waals surface area contributed by atoms with Crippen LogP contribution in [0.3, 0.4) is 0 Å². The zero-order valence-electron chi connectivity index (χ0n) is 17.7. The molecule has 3 fully saturated rings. The standard InChI is InChI=1S/C18H32ClFN6O4S/c1-21-18(28)23-12-3-10(4-12)8-31(29,30)25-24-17(27)13-5-11(6-14(19)16(13)20)15-7-26(2)9-22-15/h10-16,22,25H,3-9H2,1-2H3,(H,24,27)(H2,21,23,28). The highest BCUT2D eigenvalue weighted by atomic mass is 35.5. The highest BCUT2D eigenvalue weighted by Gasteiger charge is 2.44. The fraction of sp³-hybridized carbons (Fsp3) is 0.889. The van der Waals surface area contributed by atoms with E-state index >= 15 is 0 Å². The van der Waals surface area contributed by atoms with Gasteiger partial charge >= 0.3 is 6.03 Å². The van der Waals surface area contributed by atoms with Crippen LogP contribution in [0.5, 0.6) is 0 Å². The molecule has 0 aromatic heterocycles. The number of hydrogen-bond donors (Lipinski definition) is 5. The Morgan fingerprint density at radius 3 is 2.55 bits per heavy atom. The third kappa shape index (κ3) is 6.41. The molecule has 10 nitrogen and oxygen atoms in total. The second kappa shape index (κ2) is 10.2. The Morgan fingerprint density at radius 1 is 1.23 bits per heavy atom. The van der Waals surface area contributed by atoms with E-state index in [1.807, 2.05) is 7.05 Å². The molecular weight excluding hydrogens is 451 g/mol. The number of carbonyl (C=O) groups excluding carboxylic acids is 2. The van der Waals surface area contributed by atoms with Gasteiger partial charge in [0.1, 0.15) is 6.17 Å². The van der Waals surface area contributed by atoms with Crippen molar-refractivity contribution < 1.29 is 22.4 Å². The molecule has 31 heavy (non-hydrogen) atoms. The number of likely N-dealkylation sites (N-methyl/N-ethyl adjacent to an activating group) is 1. The summed E-state index contributed by atoms with van der Waals surface area (Å²) in [6, 6.07) is -0.244. The van der Waals surface area contributed by atoms with Crippen LogP contribution in [-0.4, -0.2) is 82.0 Å². The van der Waals surface area contributed by atoms with Crippen LogP contribution in [0.1, 0.15) is 25.7 Å². The number of nitrogens with one attached hydrogen (secondary N) is 5. The lowest BCUT2D eigenvalue weighted by molar-refractivity contribution is -0.129. The van der Waals surface area contributed by atoms with Crippen molar-refractivity contribution in [3.63, 3.8) is 0 Å². The molecular formula is C18H32ClFN6O4S. The van der Waals surface area contributed by atoms with Gasteiger partial charge in [-0.05, 0) is 44.6 Å². The van der Waals surface area contributed by atoms with Gasteiger partial charge in [-0.3, -0.25) is 20.4 Å². The minimum absolute atomic E-state index is 0.0338. The molecule has 3 rings (SSSR count). The Balaban J connectivity index is 1.46. The van der Waals surface area contributed by atoms with Gasteiger partial charge in [-0.2, -0.15) is 0 Å². The maximum Gasteiger partial charge on any atom is 0.314 e. The average molecular weight is 483 g/mol. The van der Waals surface area contributed by atoms with E-state index in [0.717, 1.165) is 13.2 Å². The van der Waals surface area contributed by atoms with Gasteiger partial charge < -0.3 is 10.6 Å². The van der Waals surface area contributed by atoms with E-state index in [0.29, 0.717) is 25.7 Å². The fourth-order valence-corrected chi connectivity index (χ4v) is 6.31. The monoisotopic (exact) mass is 482 g/mol. The number of amides is 3. The maximum absolute atomic E-state index is 14.7. The van der Waals surface area contributed by atoms with Gasteiger partial charge in [-0.15, -0.1) is 16.4 Å². The molecule has 178 valence electrons. The van der Waals surface area contributed by atoms with Gasteiger partial charge in [-0.25, -0.2) is 17.6 Å². The van der Waals surface area contributed by atoms with Crippen molar-refractivity contribution in [1.82, 2.24) is 31.1 Å². The predicted octanol–water partition coefficient (Wildman–Crippen LogP) is -0.523. The lowest BCUT2D eigenvalue weighted by Crippen LogP contribution is -2.53. The molecule has 0 bridgehead atoms. The third-order valence-electron chi connectivity index (χ3n) is 6.43. The van der Waals surface area contributed by atoms with E-state index < -0.39 is 33.4 Å². The number of hydrogen-bond acceptors (Lipinski definition) is 6. The van der Waals surface area contributed by atoms with Crippen LogP contribution in [0.2, 0.25) is 0 Å². The normalized spacial score (nSPS) is 36.5. The van der Waals surface area contributed by atoms with E-state index in [1.54, 1.807) is 0 Å². The van der Waals surface area contributed by atoms with E-state index in [2.05, 4.69) is 31.1 Å². The number of urea groups is 1. The molecule has 2 saturated carbocycles. The molecule has 1 aliphatic heterocycles. The van der Waals surface area contributed by atoms with Gasteiger partial charge in [0.15, 0.2) is 0 Å². The molecule has 1 heterocycles. The van der Waals surface area contributed by atoms with Crippen molar-refractivity contribution in [3.8, 4) is 0 Å². The molecule has 0 aromatic rings. The van der Waals surface area contributed by atoms with Crippen molar-refractivity contribution in [3.05, 3.63) is 0 Å². The average Bonchev–Trinajstić information content (AvgIpc) is 3.12. The highest BCUT2D eigenvalue weighted by Crippen LogP contribution is 2.37. The quantitative estimate of drug-likeness (QED) is 0.245. The number of nitrogens with zero attached hydrogens (tertiary/aromatic N) is 1. The molecule has 5 N–H and O–H groups in total. The summed E-state index contributed by atoms with van der Waals surface area (Å²) in [4.78, 5) is 28.0. The number of alkyl halides is 2. The van der Waals surface area contributed by atoms with E-state index in [4.69, 9.17) is 11.6 Å². The fourth-order valence-electron chi connectivity index (χ4n) is 4.68. The molecule has 5 atom stereocenters. The van der Waals surface area contributed by atoms with Crippen molar-refractivity contribution in [2.45, 2.75) is 49.3 Å². The summed E-state index contributed by atoms with van der Waals surface area (Å²) in [5.41, 5.74) is 2.18. The Labute approximate surface area is 187 Å². The van der Waals surface area contributed by atoms with E-state index in [9.17, 15) is 22.4 Å². The summed E-state index contributed by atoms with van der Waals surface area (Å²) < 4.78 is 39.3. The van der Waals surface area contributed by atoms with Crippen molar-refractivity contribution in [2.75, 3.05) is 33.1 Å². The first-order valence-electron chi connectivity index (χ1n) is 10.6. The summed E-state index contributed by atoms with van der Waals surface area (Å²) in [6.07, 6.45) is 0.311. The summed E-state index contributed by atoms with van der Waals surface area (Å²) in [5, 5.41) is 7.72. The third-order valence-corrected chi connectivity index (χ3v) is 8.18. The topological polar surface area (TPSA) is 132 Å².